The number of hydrogen-bond acceptors (Lipinski definition) is 4. The highest BCUT2D eigenvalue weighted by Gasteiger charge is 2.33. The van der Waals surface area contributed by atoms with Crippen LogP contribution in [0.25, 0.3) is 0 Å². The normalized spacial score (nSPS) is 27.8. The summed E-state index contributed by atoms with van der Waals surface area (Å²) in [5, 5.41) is 6.30. The van der Waals surface area contributed by atoms with Gasteiger partial charge in [-0.05, 0) is 39.5 Å². The summed E-state index contributed by atoms with van der Waals surface area (Å²) in [5.41, 5.74) is -0.468. The molecular weight excluding hydrogens is 270 g/mol. The van der Waals surface area contributed by atoms with Gasteiger partial charge in [0.1, 0.15) is 5.60 Å². The molecule has 2 aliphatic rings. The van der Waals surface area contributed by atoms with Gasteiger partial charge in [0.25, 0.3) is 0 Å². The molecule has 2 heterocycles. The average Bonchev–Trinajstić information content (AvgIpc) is 2.62. The van der Waals surface area contributed by atoms with Crippen molar-refractivity contribution in [2.24, 2.45) is 5.92 Å². The van der Waals surface area contributed by atoms with E-state index < -0.39 is 5.60 Å². The summed E-state index contributed by atoms with van der Waals surface area (Å²) in [7, 11) is 0. The van der Waals surface area contributed by atoms with Crippen molar-refractivity contribution < 1.29 is 14.3 Å². The van der Waals surface area contributed by atoms with Crippen LogP contribution in [0.4, 0.5) is 4.79 Å². The summed E-state index contributed by atoms with van der Waals surface area (Å²) in [6.07, 6.45) is 2.26. The first-order chi connectivity index (χ1) is 9.85. The van der Waals surface area contributed by atoms with Gasteiger partial charge < -0.3 is 20.3 Å². The third-order valence-electron chi connectivity index (χ3n) is 3.94. The van der Waals surface area contributed by atoms with E-state index >= 15 is 0 Å². The number of piperidine rings is 1. The van der Waals surface area contributed by atoms with Crippen LogP contribution >= 0.6 is 0 Å². The fraction of sp³-hybridized carbons (Fsp3) is 0.867. The van der Waals surface area contributed by atoms with Gasteiger partial charge in [0.15, 0.2) is 0 Å². The van der Waals surface area contributed by atoms with E-state index in [1.54, 1.807) is 4.90 Å². The third-order valence-corrected chi connectivity index (χ3v) is 3.94. The SMILES string of the molecule is CC(C)(C)OC(=O)N1CCCC(C2CC(=O)NCCN2)C1. The van der Waals surface area contributed by atoms with Crippen LogP contribution in [0.2, 0.25) is 0 Å². The third kappa shape index (κ3) is 4.88. The summed E-state index contributed by atoms with van der Waals surface area (Å²) < 4.78 is 5.45. The van der Waals surface area contributed by atoms with Crippen molar-refractivity contribution in [3.63, 3.8) is 0 Å². The maximum atomic E-state index is 12.2. The molecule has 0 bridgehead atoms. The fourth-order valence-corrected chi connectivity index (χ4v) is 2.97. The van der Waals surface area contributed by atoms with Crippen molar-refractivity contribution in [3.8, 4) is 0 Å². The van der Waals surface area contributed by atoms with Crippen molar-refractivity contribution in [2.45, 2.75) is 51.7 Å². The van der Waals surface area contributed by atoms with Crippen molar-refractivity contribution >= 4 is 12.0 Å². The number of rotatable bonds is 1. The molecule has 2 saturated heterocycles. The molecule has 120 valence electrons. The number of likely N-dealkylation sites (tertiary alicyclic amines) is 1. The summed E-state index contributed by atoms with van der Waals surface area (Å²) in [5.74, 6) is 0.412. The number of ether oxygens (including phenoxy) is 1. The molecule has 21 heavy (non-hydrogen) atoms. The Kier molecular flexibility index (Phi) is 5.08. The molecule has 6 nitrogen and oxygen atoms in total. The lowest BCUT2D eigenvalue weighted by Crippen LogP contribution is -2.49. The molecule has 0 saturated carbocycles. The Bertz CT molecular complexity index is 392. The average molecular weight is 297 g/mol. The molecule has 0 aliphatic carbocycles. The van der Waals surface area contributed by atoms with Gasteiger partial charge in [0, 0.05) is 38.6 Å². The van der Waals surface area contributed by atoms with Crippen molar-refractivity contribution in [2.75, 3.05) is 26.2 Å². The second kappa shape index (κ2) is 6.64. The molecule has 0 spiro atoms. The van der Waals surface area contributed by atoms with Gasteiger partial charge in [0.2, 0.25) is 5.91 Å². The zero-order valence-corrected chi connectivity index (χ0v) is 13.3. The Morgan fingerprint density at radius 2 is 2.10 bits per heavy atom. The minimum absolute atomic E-state index is 0.0967. The zero-order chi connectivity index (χ0) is 15.5. The molecule has 0 aromatic carbocycles. The summed E-state index contributed by atoms with van der Waals surface area (Å²) in [6, 6.07) is 0.151. The van der Waals surface area contributed by atoms with E-state index in [1.807, 2.05) is 20.8 Å². The first kappa shape index (κ1) is 16.1. The van der Waals surface area contributed by atoms with Gasteiger partial charge in [-0.15, -0.1) is 0 Å². The summed E-state index contributed by atoms with van der Waals surface area (Å²) in [6.45, 7) is 8.51. The molecular formula is C15H27N3O3. The molecule has 0 radical (unpaired) electrons. The second-order valence-corrected chi connectivity index (χ2v) is 6.94. The van der Waals surface area contributed by atoms with Crippen LogP contribution in [0, 0.1) is 5.92 Å². The summed E-state index contributed by atoms with van der Waals surface area (Å²) in [4.78, 5) is 25.6. The molecule has 2 N–H and O–H groups in total. The molecule has 2 amide bonds. The van der Waals surface area contributed by atoms with Crippen LogP contribution in [0.3, 0.4) is 0 Å². The van der Waals surface area contributed by atoms with Crippen LogP contribution in [-0.4, -0.2) is 54.7 Å². The lowest BCUT2D eigenvalue weighted by atomic mass is 9.89. The van der Waals surface area contributed by atoms with E-state index in [-0.39, 0.29) is 18.0 Å². The lowest BCUT2D eigenvalue weighted by molar-refractivity contribution is -0.121. The molecule has 2 rings (SSSR count). The Morgan fingerprint density at radius 3 is 2.81 bits per heavy atom. The van der Waals surface area contributed by atoms with Crippen LogP contribution in [0.15, 0.2) is 0 Å². The topological polar surface area (TPSA) is 70.7 Å². The molecule has 6 heteroatoms. The first-order valence-corrected chi connectivity index (χ1v) is 7.83. The van der Waals surface area contributed by atoms with Gasteiger partial charge in [-0.3, -0.25) is 4.79 Å². The van der Waals surface area contributed by atoms with Crippen LogP contribution in [0.5, 0.6) is 0 Å². The minimum atomic E-state index is -0.468. The van der Waals surface area contributed by atoms with Gasteiger partial charge in [-0.1, -0.05) is 0 Å². The van der Waals surface area contributed by atoms with E-state index in [9.17, 15) is 9.59 Å². The highest BCUT2D eigenvalue weighted by Crippen LogP contribution is 2.23. The number of nitrogens with one attached hydrogen (secondary N) is 2. The van der Waals surface area contributed by atoms with E-state index in [1.165, 1.54) is 0 Å². The largest absolute Gasteiger partial charge is 0.444 e. The van der Waals surface area contributed by atoms with Gasteiger partial charge in [-0.2, -0.15) is 0 Å². The highest BCUT2D eigenvalue weighted by atomic mass is 16.6. The smallest absolute Gasteiger partial charge is 0.410 e. The van der Waals surface area contributed by atoms with Gasteiger partial charge in [-0.25, -0.2) is 4.79 Å². The monoisotopic (exact) mass is 297 g/mol. The molecule has 0 aromatic rings. The van der Waals surface area contributed by atoms with Crippen LogP contribution in [-0.2, 0) is 9.53 Å². The zero-order valence-electron chi connectivity index (χ0n) is 13.3. The van der Waals surface area contributed by atoms with Gasteiger partial charge >= 0.3 is 6.09 Å². The number of hydrogen-bond donors (Lipinski definition) is 2. The molecule has 2 aliphatic heterocycles. The quantitative estimate of drug-likeness (QED) is 0.760. The van der Waals surface area contributed by atoms with E-state index in [0.29, 0.717) is 25.4 Å². The van der Waals surface area contributed by atoms with Crippen molar-refractivity contribution in [1.82, 2.24) is 15.5 Å². The van der Waals surface area contributed by atoms with Crippen molar-refractivity contribution in [3.05, 3.63) is 0 Å². The molecule has 2 unspecified atom stereocenters. The predicted molar refractivity (Wildman–Crippen MR) is 79.9 cm³/mol. The van der Waals surface area contributed by atoms with E-state index in [4.69, 9.17) is 4.74 Å². The molecule has 2 atom stereocenters. The summed E-state index contributed by atoms with van der Waals surface area (Å²) >= 11 is 0. The fourth-order valence-electron chi connectivity index (χ4n) is 2.97. The second-order valence-electron chi connectivity index (χ2n) is 6.94. The Hall–Kier alpha value is -1.30. The molecule has 0 aromatic heterocycles. The highest BCUT2D eigenvalue weighted by molar-refractivity contribution is 5.76. The number of carbonyl (C=O) groups is 2. The van der Waals surface area contributed by atoms with Gasteiger partial charge in [0.05, 0.1) is 0 Å². The standard InChI is InChI=1S/C15H27N3O3/c1-15(2,3)21-14(20)18-8-4-5-11(10-18)12-9-13(19)17-7-6-16-12/h11-12,16H,4-10H2,1-3H3,(H,17,19). The van der Waals surface area contributed by atoms with Crippen molar-refractivity contribution in [1.29, 1.82) is 0 Å². The Labute approximate surface area is 126 Å². The van der Waals surface area contributed by atoms with Crippen LogP contribution < -0.4 is 10.6 Å². The Morgan fingerprint density at radius 1 is 1.33 bits per heavy atom. The predicted octanol–water partition coefficient (Wildman–Crippen LogP) is 1.11. The minimum Gasteiger partial charge on any atom is -0.444 e. The first-order valence-electron chi connectivity index (χ1n) is 7.83. The number of carbonyl (C=O) groups excluding carboxylic acids is 2. The van der Waals surface area contributed by atoms with E-state index in [2.05, 4.69) is 10.6 Å². The Balaban J connectivity index is 1.93. The maximum Gasteiger partial charge on any atom is 0.410 e. The number of amides is 2. The van der Waals surface area contributed by atoms with E-state index in [0.717, 1.165) is 25.9 Å². The maximum absolute atomic E-state index is 12.2. The molecule has 2 fully saturated rings. The number of nitrogens with zero attached hydrogens (tertiary/aromatic N) is 1. The van der Waals surface area contributed by atoms with Crippen LogP contribution in [0.1, 0.15) is 40.0 Å². The lowest BCUT2D eigenvalue weighted by Gasteiger charge is -2.37.